The van der Waals surface area contributed by atoms with Crippen LogP contribution in [0.4, 0.5) is 5.95 Å². The molecule has 2 aromatic rings. The molecule has 0 bridgehead atoms. The van der Waals surface area contributed by atoms with E-state index in [1.54, 1.807) is 10.8 Å². The zero-order valence-corrected chi connectivity index (χ0v) is 10.1. The van der Waals surface area contributed by atoms with Crippen LogP contribution < -0.4 is 5.32 Å². The van der Waals surface area contributed by atoms with Gasteiger partial charge in [-0.05, 0) is 24.6 Å². The lowest BCUT2D eigenvalue weighted by Gasteiger charge is -1.97. The zero-order chi connectivity index (χ0) is 11.5. The molecule has 0 aliphatic carbocycles. The predicted molar refractivity (Wildman–Crippen MR) is 65.1 cm³/mol. The molecule has 1 N–H and O–H groups in total. The first kappa shape index (κ1) is 11.1. The lowest BCUT2D eigenvalue weighted by atomic mass is 10.3. The van der Waals surface area contributed by atoms with Crippen LogP contribution in [0.25, 0.3) is 5.65 Å². The normalized spacial score (nSPS) is 12.9. The second-order valence-electron chi connectivity index (χ2n) is 3.65. The Hall–Kier alpha value is -1.43. The van der Waals surface area contributed by atoms with Gasteiger partial charge < -0.3 is 5.32 Å². The number of fused-ring (bicyclic) bond motifs is 1. The minimum atomic E-state index is -0.785. The third-order valence-corrected chi connectivity index (χ3v) is 2.94. The summed E-state index contributed by atoms with van der Waals surface area (Å²) in [4.78, 5) is 4.31. The maximum atomic E-state index is 10.9. The van der Waals surface area contributed by atoms with Crippen LogP contribution >= 0.6 is 0 Å². The van der Waals surface area contributed by atoms with Crippen LogP contribution in [0.15, 0.2) is 18.3 Å². The van der Waals surface area contributed by atoms with Gasteiger partial charge >= 0.3 is 0 Å². The van der Waals surface area contributed by atoms with Crippen LogP contribution in [-0.2, 0) is 10.8 Å². The lowest BCUT2D eigenvalue weighted by molar-refractivity contribution is 0.687. The van der Waals surface area contributed by atoms with Crippen LogP contribution in [0.5, 0.6) is 0 Å². The summed E-state index contributed by atoms with van der Waals surface area (Å²) in [6.07, 6.45) is 3.56. The Morgan fingerprint density at radius 3 is 3.12 bits per heavy atom. The number of nitrogens with one attached hydrogen (secondary N) is 1. The lowest BCUT2D eigenvalue weighted by Crippen LogP contribution is -2.10. The second kappa shape index (κ2) is 4.61. The Morgan fingerprint density at radius 2 is 2.38 bits per heavy atom. The third-order valence-electron chi connectivity index (χ3n) is 2.17. The summed E-state index contributed by atoms with van der Waals surface area (Å²) in [6, 6.07) is 3.95. The summed E-state index contributed by atoms with van der Waals surface area (Å²) in [5, 5.41) is 7.29. The van der Waals surface area contributed by atoms with Crippen LogP contribution in [0.1, 0.15) is 5.56 Å². The molecule has 0 aromatic carbocycles. The number of anilines is 1. The third kappa shape index (κ3) is 2.57. The predicted octanol–water partition coefficient (Wildman–Crippen LogP) is 0.828. The van der Waals surface area contributed by atoms with Crippen molar-refractivity contribution in [1.29, 1.82) is 0 Å². The van der Waals surface area contributed by atoms with Gasteiger partial charge in [-0.15, -0.1) is 5.10 Å². The highest BCUT2D eigenvalue weighted by molar-refractivity contribution is 7.84. The smallest absolute Gasteiger partial charge is 0.243 e. The molecule has 0 saturated carbocycles. The highest BCUT2D eigenvalue weighted by atomic mass is 32.2. The monoisotopic (exact) mass is 238 g/mol. The average Bonchev–Trinajstić information content (AvgIpc) is 2.58. The van der Waals surface area contributed by atoms with E-state index in [0.29, 0.717) is 18.2 Å². The Morgan fingerprint density at radius 1 is 1.56 bits per heavy atom. The minimum absolute atomic E-state index is 0.580. The fourth-order valence-corrected chi connectivity index (χ4v) is 1.75. The van der Waals surface area contributed by atoms with E-state index in [-0.39, 0.29) is 0 Å². The van der Waals surface area contributed by atoms with E-state index in [1.165, 1.54) is 0 Å². The number of nitrogens with zero attached hydrogens (tertiary/aromatic N) is 3. The molecule has 16 heavy (non-hydrogen) atoms. The van der Waals surface area contributed by atoms with Crippen molar-refractivity contribution in [2.24, 2.45) is 0 Å². The van der Waals surface area contributed by atoms with E-state index >= 15 is 0 Å². The second-order valence-corrected chi connectivity index (χ2v) is 5.20. The fourth-order valence-electron chi connectivity index (χ4n) is 1.36. The van der Waals surface area contributed by atoms with Crippen molar-refractivity contribution in [1.82, 2.24) is 14.6 Å². The molecule has 5 nitrogen and oxygen atoms in total. The molecule has 0 amide bonds. The molecule has 0 radical (unpaired) electrons. The van der Waals surface area contributed by atoms with Crippen molar-refractivity contribution in [3.63, 3.8) is 0 Å². The van der Waals surface area contributed by atoms with Gasteiger partial charge in [-0.2, -0.15) is 4.98 Å². The highest BCUT2D eigenvalue weighted by Crippen LogP contribution is 2.06. The van der Waals surface area contributed by atoms with Crippen LogP contribution in [-0.4, -0.2) is 37.4 Å². The summed E-state index contributed by atoms with van der Waals surface area (Å²) < 4.78 is 12.6. The summed E-state index contributed by atoms with van der Waals surface area (Å²) in [7, 11) is -0.785. The summed E-state index contributed by atoms with van der Waals surface area (Å²) in [6.45, 7) is 2.64. The van der Waals surface area contributed by atoms with Gasteiger partial charge in [-0.1, -0.05) is 0 Å². The first-order valence-corrected chi connectivity index (χ1v) is 6.75. The summed E-state index contributed by atoms with van der Waals surface area (Å²) in [5.41, 5.74) is 1.97. The van der Waals surface area contributed by atoms with Crippen LogP contribution in [0.3, 0.4) is 0 Å². The van der Waals surface area contributed by atoms with Crippen molar-refractivity contribution in [2.45, 2.75) is 6.92 Å². The number of hydrogen-bond acceptors (Lipinski definition) is 4. The van der Waals surface area contributed by atoms with E-state index in [4.69, 9.17) is 0 Å². The van der Waals surface area contributed by atoms with Gasteiger partial charge in [0.15, 0.2) is 5.65 Å². The molecule has 6 heteroatoms. The molecular formula is C10H14N4OS. The van der Waals surface area contributed by atoms with E-state index in [9.17, 15) is 4.21 Å². The van der Waals surface area contributed by atoms with Crippen molar-refractivity contribution in [2.75, 3.05) is 23.9 Å². The summed E-state index contributed by atoms with van der Waals surface area (Å²) >= 11 is 0. The molecule has 2 heterocycles. The molecule has 86 valence electrons. The number of pyridine rings is 1. The molecule has 1 atom stereocenters. The highest BCUT2D eigenvalue weighted by Gasteiger charge is 2.02. The van der Waals surface area contributed by atoms with E-state index < -0.39 is 10.8 Å². The maximum Gasteiger partial charge on any atom is 0.243 e. The largest absolute Gasteiger partial charge is 0.352 e. The first-order chi connectivity index (χ1) is 7.65. The topological polar surface area (TPSA) is 59.3 Å². The van der Waals surface area contributed by atoms with E-state index in [0.717, 1.165) is 11.2 Å². The molecule has 2 aromatic heterocycles. The van der Waals surface area contributed by atoms with Gasteiger partial charge in [0, 0.05) is 35.5 Å². The summed E-state index contributed by atoms with van der Waals surface area (Å²) in [5.74, 6) is 1.19. The molecule has 2 rings (SSSR count). The fraction of sp³-hybridized carbons (Fsp3) is 0.400. The van der Waals surface area contributed by atoms with Crippen molar-refractivity contribution < 1.29 is 4.21 Å². The number of aryl methyl sites for hydroxylation is 1. The number of hydrogen-bond donors (Lipinski definition) is 1. The molecule has 0 fully saturated rings. The zero-order valence-electron chi connectivity index (χ0n) is 9.30. The minimum Gasteiger partial charge on any atom is -0.352 e. The quantitative estimate of drug-likeness (QED) is 0.857. The maximum absolute atomic E-state index is 10.9. The Labute approximate surface area is 96.3 Å². The number of rotatable bonds is 4. The molecular weight excluding hydrogens is 224 g/mol. The molecule has 0 aliphatic heterocycles. The molecule has 0 aliphatic rings. The van der Waals surface area contributed by atoms with Crippen molar-refractivity contribution in [3.8, 4) is 0 Å². The number of aromatic nitrogens is 3. The van der Waals surface area contributed by atoms with Crippen LogP contribution in [0.2, 0.25) is 0 Å². The molecule has 1 unspecified atom stereocenters. The molecule has 0 spiro atoms. The van der Waals surface area contributed by atoms with Gasteiger partial charge in [0.1, 0.15) is 0 Å². The molecule has 0 saturated heterocycles. The van der Waals surface area contributed by atoms with Crippen LogP contribution in [0, 0.1) is 6.92 Å². The Bertz CT molecular complexity index is 523. The van der Waals surface area contributed by atoms with E-state index in [2.05, 4.69) is 15.4 Å². The van der Waals surface area contributed by atoms with E-state index in [1.807, 2.05) is 25.3 Å². The van der Waals surface area contributed by atoms with Gasteiger partial charge in [-0.25, -0.2) is 4.52 Å². The Kier molecular flexibility index (Phi) is 3.19. The van der Waals surface area contributed by atoms with Gasteiger partial charge in [0.05, 0.1) is 0 Å². The van der Waals surface area contributed by atoms with Gasteiger partial charge in [0.25, 0.3) is 0 Å². The Balaban J connectivity index is 2.10. The van der Waals surface area contributed by atoms with Crippen molar-refractivity contribution >= 4 is 22.4 Å². The van der Waals surface area contributed by atoms with Gasteiger partial charge in [0.2, 0.25) is 5.95 Å². The average molecular weight is 238 g/mol. The SMILES string of the molecule is Cc1ccn2nc(NCCS(C)=O)nc2c1. The van der Waals surface area contributed by atoms with Gasteiger partial charge in [-0.3, -0.25) is 4.21 Å². The van der Waals surface area contributed by atoms with Crippen molar-refractivity contribution in [3.05, 3.63) is 23.9 Å². The standard InChI is InChI=1S/C10H14N4OS/c1-8-3-5-14-9(7-8)12-10(13-14)11-4-6-16(2)15/h3,5,7H,4,6H2,1-2H3,(H,11,13). The first-order valence-electron chi connectivity index (χ1n) is 5.02.